The zero-order valence-corrected chi connectivity index (χ0v) is 14.5. The lowest BCUT2D eigenvalue weighted by molar-refractivity contribution is -0.139. The van der Waals surface area contributed by atoms with Crippen LogP contribution >= 0.6 is 0 Å². The maximum atomic E-state index is 11.1. The number of carbonyl (C=O) groups is 1. The van der Waals surface area contributed by atoms with Crippen LogP contribution in [0, 0.1) is 0 Å². The number of esters is 1. The molecule has 22 heavy (non-hydrogen) atoms. The summed E-state index contributed by atoms with van der Waals surface area (Å²) in [4.78, 5) is 15.2. The number of methoxy groups -OCH3 is 1. The fourth-order valence-electron chi connectivity index (χ4n) is 2.66. The van der Waals surface area contributed by atoms with Crippen LogP contribution in [0.15, 0.2) is 17.1 Å². The Bertz CT molecular complexity index is 360. The van der Waals surface area contributed by atoms with Crippen LogP contribution in [0.5, 0.6) is 0 Å². The summed E-state index contributed by atoms with van der Waals surface area (Å²) in [5, 5.41) is 0. The predicted molar refractivity (Wildman–Crippen MR) is 93.5 cm³/mol. The van der Waals surface area contributed by atoms with E-state index in [4.69, 9.17) is 0 Å². The van der Waals surface area contributed by atoms with Crippen molar-refractivity contribution in [1.29, 1.82) is 0 Å². The number of hydrogen-bond donors (Lipinski definition) is 0. The smallest absolute Gasteiger partial charge is 0.336 e. The van der Waals surface area contributed by atoms with Crippen LogP contribution in [-0.4, -0.2) is 24.8 Å². The van der Waals surface area contributed by atoms with Crippen molar-refractivity contribution >= 4 is 11.7 Å². The van der Waals surface area contributed by atoms with Gasteiger partial charge >= 0.3 is 5.97 Å². The van der Waals surface area contributed by atoms with Crippen LogP contribution in [0.1, 0.15) is 84.0 Å². The summed E-state index contributed by atoms with van der Waals surface area (Å²) in [7, 11) is 1.41. The predicted octanol–water partition coefficient (Wildman–Crippen LogP) is 5.24. The molecule has 0 unspecified atom stereocenters. The van der Waals surface area contributed by atoms with Gasteiger partial charge in [-0.3, -0.25) is 4.99 Å². The standard InChI is InChI=1S/C19H33NO2/c1-3-4-5-6-7-8-9-10-11-12-13-14-15-16-17-18(20-17)19(21)22-2/h15-16,18H,3-14H2,1-2H3/t18-/m0/s1. The Morgan fingerprint density at radius 1 is 1.00 bits per heavy atom. The van der Waals surface area contributed by atoms with Gasteiger partial charge in [-0.1, -0.05) is 77.2 Å². The van der Waals surface area contributed by atoms with Crippen molar-refractivity contribution in [3.05, 3.63) is 12.2 Å². The molecular weight excluding hydrogens is 274 g/mol. The van der Waals surface area contributed by atoms with Gasteiger partial charge in [-0.2, -0.15) is 0 Å². The summed E-state index contributed by atoms with van der Waals surface area (Å²) >= 11 is 0. The van der Waals surface area contributed by atoms with Crippen molar-refractivity contribution in [3.63, 3.8) is 0 Å². The van der Waals surface area contributed by atoms with Gasteiger partial charge in [-0.05, 0) is 18.9 Å². The molecule has 0 spiro atoms. The number of carbonyl (C=O) groups excluding carboxylic acids is 1. The Morgan fingerprint density at radius 2 is 1.55 bits per heavy atom. The minimum absolute atomic E-state index is 0.241. The van der Waals surface area contributed by atoms with Crippen LogP contribution in [0.2, 0.25) is 0 Å². The van der Waals surface area contributed by atoms with Crippen LogP contribution < -0.4 is 0 Å². The zero-order chi connectivity index (χ0) is 16.0. The minimum atomic E-state index is -0.307. The minimum Gasteiger partial charge on any atom is -0.467 e. The molecule has 0 saturated heterocycles. The maximum absolute atomic E-state index is 11.1. The number of allylic oxidation sites excluding steroid dienone is 1. The highest BCUT2D eigenvalue weighted by Gasteiger charge is 2.33. The van der Waals surface area contributed by atoms with Gasteiger partial charge in [0.05, 0.1) is 12.8 Å². The Labute approximate surface area is 136 Å². The van der Waals surface area contributed by atoms with Gasteiger partial charge in [-0.25, -0.2) is 4.79 Å². The van der Waals surface area contributed by atoms with E-state index in [1.165, 1.54) is 77.7 Å². The van der Waals surface area contributed by atoms with Crippen molar-refractivity contribution in [2.45, 2.75) is 90.0 Å². The molecule has 1 aliphatic heterocycles. The lowest BCUT2D eigenvalue weighted by atomic mass is 10.1. The van der Waals surface area contributed by atoms with E-state index in [9.17, 15) is 4.79 Å². The molecule has 0 fully saturated rings. The van der Waals surface area contributed by atoms with E-state index in [2.05, 4.69) is 22.7 Å². The molecule has 0 saturated carbocycles. The third kappa shape index (κ3) is 9.01. The number of hydrogen-bond acceptors (Lipinski definition) is 3. The van der Waals surface area contributed by atoms with E-state index in [1.54, 1.807) is 0 Å². The van der Waals surface area contributed by atoms with Gasteiger partial charge < -0.3 is 4.74 Å². The summed E-state index contributed by atoms with van der Waals surface area (Å²) in [6.45, 7) is 2.27. The van der Waals surface area contributed by atoms with Gasteiger partial charge in [0.25, 0.3) is 0 Å². The van der Waals surface area contributed by atoms with Gasteiger partial charge in [-0.15, -0.1) is 0 Å². The first kappa shape index (κ1) is 18.9. The lowest BCUT2D eigenvalue weighted by Gasteiger charge is -2.01. The van der Waals surface area contributed by atoms with E-state index in [0.717, 1.165) is 12.1 Å². The second-order valence-corrected chi connectivity index (χ2v) is 6.21. The van der Waals surface area contributed by atoms with Gasteiger partial charge in [0, 0.05) is 0 Å². The first-order valence-corrected chi connectivity index (χ1v) is 9.11. The Hall–Kier alpha value is -1.12. The molecule has 0 amide bonds. The second kappa shape index (κ2) is 12.4. The molecule has 0 aromatic rings. The van der Waals surface area contributed by atoms with Gasteiger partial charge in [0.2, 0.25) is 0 Å². The molecule has 1 aliphatic rings. The van der Waals surface area contributed by atoms with E-state index in [-0.39, 0.29) is 12.0 Å². The zero-order valence-electron chi connectivity index (χ0n) is 14.5. The molecule has 1 heterocycles. The molecule has 3 heteroatoms. The lowest BCUT2D eigenvalue weighted by Crippen LogP contribution is -2.12. The molecule has 1 atom stereocenters. The van der Waals surface area contributed by atoms with E-state index >= 15 is 0 Å². The third-order valence-electron chi connectivity index (χ3n) is 4.18. The fraction of sp³-hybridized carbons (Fsp3) is 0.789. The largest absolute Gasteiger partial charge is 0.467 e. The highest BCUT2D eigenvalue weighted by Crippen LogP contribution is 2.15. The maximum Gasteiger partial charge on any atom is 0.336 e. The summed E-state index contributed by atoms with van der Waals surface area (Å²) in [6, 6.07) is -0.307. The molecule has 0 N–H and O–H groups in total. The monoisotopic (exact) mass is 307 g/mol. The highest BCUT2D eigenvalue weighted by atomic mass is 16.5. The SMILES string of the molecule is CCCCCCCCCCCCCC=CC1=N[C@@H]1C(=O)OC. The number of rotatable bonds is 14. The number of aliphatic imine (C=N–C) groups is 1. The Morgan fingerprint density at radius 3 is 2.09 bits per heavy atom. The van der Waals surface area contributed by atoms with Gasteiger partial charge in [0.1, 0.15) is 0 Å². The van der Waals surface area contributed by atoms with Crippen molar-refractivity contribution in [1.82, 2.24) is 0 Å². The van der Waals surface area contributed by atoms with E-state index in [0.29, 0.717) is 0 Å². The Kier molecular flexibility index (Phi) is 10.7. The molecule has 0 aromatic heterocycles. The van der Waals surface area contributed by atoms with E-state index < -0.39 is 0 Å². The highest BCUT2D eigenvalue weighted by molar-refractivity contribution is 6.21. The topological polar surface area (TPSA) is 38.7 Å². The van der Waals surface area contributed by atoms with E-state index in [1.807, 2.05) is 6.08 Å². The Balaban J connectivity index is 1.79. The molecule has 0 aromatic carbocycles. The molecule has 0 bridgehead atoms. The molecule has 0 aliphatic carbocycles. The first-order valence-electron chi connectivity index (χ1n) is 9.11. The van der Waals surface area contributed by atoms with Crippen LogP contribution in [0.3, 0.4) is 0 Å². The summed E-state index contributed by atoms with van der Waals surface area (Å²) in [5.74, 6) is -0.241. The summed E-state index contributed by atoms with van der Waals surface area (Å²) < 4.78 is 4.64. The first-order chi connectivity index (χ1) is 10.8. The normalized spacial score (nSPS) is 16.8. The second-order valence-electron chi connectivity index (χ2n) is 6.21. The number of ether oxygens (including phenoxy) is 1. The quantitative estimate of drug-likeness (QED) is 0.325. The van der Waals surface area contributed by atoms with Crippen molar-refractivity contribution in [3.8, 4) is 0 Å². The average molecular weight is 307 g/mol. The van der Waals surface area contributed by atoms with Crippen molar-refractivity contribution in [2.24, 2.45) is 4.99 Å². The fourth-order valence-corrected chi connectivity index (χ4v) is 2.66. The van der Waals surface area contributed by atoms with Crippen molar-refractivity contribution < 1.29 is 9.53 Å². The molecular formula is C19H33NO2. The van der Waals surface area contributed by atoms with Crippen LogP contribution in [-0.2, 0) is 9.53 Å². The summed E-state index contributed by atoms with van der Waals surface area (Å²) in [6.07, 6.45) is 20.3. The number of nitrogens with zero attached hydrogens (tertiary/aromatic N) is 1. The molecule has 3 nitrogen and oxygen atoms in total. The molecule has 1 rings (SSSR count). The van der Waals surface area contributed by atoms with Crippen LogP contribution in [0.4, 0.5) is 0 Å². The molecule has 126 valence electrons. The van der Waals surface area contributed by atoms with Crippen molar-refractivity contribution in [2.75, 3.05) is 7.11 Å². The molecule has 0 radical (unpaired) electrons. The average Bonchev–Trinajstić information content (AvgIpc) is 3.30. The summed E-state index contributed by atoms with van der Waals surface area (Å²) in [5.41, 5.74) is 0.870. The third-order valence-corrected chi connectivity index (χ3v) is 4.18. The van der Waals surface area contributed by atoms with Crippen LogP contribution in [0.25, 0.3) is 0 Å². The van der Waals surface area contributed by atoms with Gasteiger partial charge in [0.15, 0.2) is 6.04 Å². The number of unbranched alkanes of at least 4 members (excludes halogenated alkanes) is 11.